The summed E-state index contributed by atoms with van der Waals surface area (Å²) in [6.45, 7) is 3.16. The maximum absolute atomic E-state index is 12.5. The molecule has 0 radical (unpaired) electrons. The fraction of sp³-hybridized carbons (Fsp3) is 0.154. The van der Waals surface area contributed by atoms with Crippen LogP contribution in [0.25, 0.3) is 16.9 Å². The molecule has 0 saturated carbocycles. The zero-order valence-electron chi connectivity index (χ0n) is 17.5. The number of hydrogen-bond acceptors (Lipinski definition) is 3. The third-order valence-corrected chi connectivity index (χ3v) is 4.89. The van der Waals surface area contributed by atoms with E-state index in [1.807, 2.05) is 83.7 Å². The maximum atomic E-state index is 12.5. The minimum Gasteiger partial charge on any atom is -0.494 e. The number of amides is 1. The van der Waals surface area contributed by atoms with E-state index in [1.165, 1.54) is 0 Å². The van der Waals surface area contributed by atoms with Gasteiger partial charge in [0.1, 0.15) is 5.75 Å². The zero-order valence-corrected chi connectivity index (χ0v) is 17.5. The highest BCUT2D eigenvalue weighted by molar-refractivity contribution is 5.94. The Labute approximate surface area is 182 Å². The second-order valence-corrected chi connectivity index (χ2v) is 7.20. The van der Waals surface area contributed by atoms with Crippen LogP contribution in [0.2, 0.25) is 0 Å². The van der Waals surface area contributed by atoms with Crippen molar-refractivity contribution in [2.24, 2.45) is 0 Å². The molecule has 1 N–H and O–H groups in total. The Hall–Kier alpha value is -3.86. The molecule has 5 nitrogen and oxygen atoms in total. The Morgan fingerprint density at radius 2 is 1.61 bits per heavy atom. The summed E-state index contributed by atoms with van der Waals surface area (Å²) in [6, 6.07) is 27.1. The van der Waals surface area contributed by atoms with Crippen molar-refractivity contribution in [2.45, 2.75) is 19.9 Å². The van der Waals surface area contributed by atoms with Crippen LogP contribution in [-0.2, 0) is 6.54 Å². The van der Waals surface area contributed by atoms with Gasteiger partial charge in [0, 0.05) is 29.4 Å². The van der Waals surface area contributed by atoms with Crippen LogP contribution in [-0.4, -0.2) is 22.3 Å². The molecule has 0 atom stereocenters. The highest BCUT2D eigenvalue weighted by Crippen LogP contribution is 2.26. The Bertz CT molecular complexity index is 1120. The second-order valence-electron chi connectivity index (χ2n) is 7.20. The smallest absolute Gasteiger partial charge is 0.251 e. The second kappa shape index (κ2) is 9.76. The summed E-state index contributed by atoms with van der Waals surface area (Å²) >= 11 is 0. The average molecular weight is 412 g/mol. The SMILES string of the molecule is CCCOc1ccc(-c2nn(-c3ccccc3)cc2CNC(=O)c2ccccc2)cc1. The molecule has 0 aliphatic rings. The van der Waals surface area contributed by atoms with Crippen molar-refractivity contribution in [3.63, 3.8) is 0 Å². The molecule has 1 aromatic heterocycles. The van der Waals surface area contributed by atoms with E-state index in [0.717, 1.165) is 34.7 Å². The number of aromatic nitrogens is 2. The van der Waals surface area contributed by atoms with E-state index in [2.05, 4.69) is 12.2 Å². The van der Waals surface area contributed by atoms with E-state index >= 15 is 0 Å². The van der Waals surface area contributed by atoms with Gasteiger partial charge in [-0.15, -0.1) is 0 Å². The summed E-state index contributed by atoms with van der Waals surface area (Å²) in [4.78, 5) is 12.5. The van der Waals surface area contributed by atoms with Crippen LogP contribution in [0.15, 0.2) is 91.1 Å². The average Bonchev–Trinajstić information content (AvgIpc) is 3.27. The van der Waals surface area contributed by atoms with E-state index in [9.17, 15) is 4.79 Å². The number of ether oxygens (including phenoxy) is 1. The van der Waals surface area contributed by atoms with E-state index < -0.39 is 0 Å². The van der Waals surface area contributed by atoms with E-state index in [-0.39, 0.29) is 5.91 Å². The molecule has 5 heteroatoms. The Morgan fingerprint density at radius 3 is 2.29 bits per heavy atom. The summed E-state index contributed by atoms with van der Waals surface area (Å²) < 4.78 is 7.54. The van der Waals surface area contributed by atoms with E-state index in [1.54, 1.807) is 12.1 Å². The summed E-state index contributed by atoms with van der Waals surface area (Å²) in [5.41, 5.74) is 4.35. The van der Waals surface area contributed by atoms with Crippen molar-refractivity contribution in [2.75, 3.05) is 6.61 Å². The number of carbonyl (C=O) groups is 1. The molecule has 0 fully saturated rings. The van der Waals surface area contributed by atoms with Crippen molar-refractivity contribution in [3.8, 4) is 22.7 Å². The van der Waals surface area contributed by atoms with Crippen LogP contribution >= 0.6 is 0 Å². The first-order valence-electron chi connectivity index (χ1n) is 10.4. The van der Waals surface area contributed by atoms with Crippen LogP contribution in [0.1, 0.15) is 29.3 Å². The minimum absolute atomic E-state index is 0.109. The normalized spacial score (nSPS) is 10.6. The Morgan fingerprint density at radius 1 is 0.935 bits per heavy atom. The van der Waals surface area contributed by atoms with Gasteiger partial charge in [-0.3, -0.25) is 4.79 Å². The largest absolute Gasteiger partial charge is 0.494 e. The van der Waals surface area contributed by atoms with Gasteiger partial charge in [-0.25, -0.2) is 4.68 Å². The number of nitrogens with one attached hydrogen (secondary N) is 1. The number of hydrogen-bond donors (Lipinski definition) is 1. The number of para-hydroxylation sites is 1. The summed E-state index contributed by atoms with van der Waals surface area (Å²) in [7, 11) is 0. The highest BCUT2D eigenvalue weighted by atomic mass is 16.5. The van der Waals surface area contributed by atoms with Gasteiger partial charge in [-0.2, -0.15) is 5.10 Å². The molecule has 4 aromatic rings. The molecular formula is C26H25N3O2. The van der Waals surface area contributed by atoms with Gasteiger partial charge in [0.25, 0.3) is 5.91 Å². The first-order chi connectivity index (χ1) is 15.2. The molecule has 0 spiro atoms. The van der Waals surface area contributed by atoms with Crippen LogP contribution in [0.4, 0.5) is 0 Å². The third kappa shape index (κ3) is 5.01. The molecule has 0 aliphatic carbocycles. The first kappa shape index (κ1) is 20.4. The van der Waals surface area contributed by atoms with Gasteiger partial charge >= 0.3 is 0 Å². The molecule has 0 aliphatic heterocycles. The van der Waals surface area contributed by atoms with Gasteiger partial charge in [-0.05, 0) is 55.0 Å². The first-order valence-corrected chi connectivity index (χ1v) is 10.4. The number of rotatable bonds is 8. The van der Waals surface area contributed by atoms with E-state index in [0.29, 0.717) is 18.7 Å². The van der Waals surface area contributed by atoms with Crippen LogP contribution in [0, 0.1) is 0 Å². The molecule has 0 unspecified atom stereocenters. The zero-order chi connectivity index (χ0) is 21.5. The van der Waals surface area contributed by atoms with Gasteiger partial charge < -0.3 is 10.1 Å². The number of nitrogens with zero attached hydrogens (tertiary/aromatic N) is 2. The maximum Gasteiger partial charge on any atom is 0.251 e. The lowest BCUT2D eigenvalue weighted by atomic mass is 10.1. The summed E-state index contributed by atoms with van der Waals surface area (Å²) in [6.07, 6.45) is 2.94. The minimum atomic E-state index is -0.109. The van der Waals surface area contributed by atoms with Crippen molar-refractivity contribution >= 4 is 5.91 Å². The quantitative estimate of drug-likeness (QED) is 0.430. The predicted octanol–water partition coefficient (Wildman–Crippen LogP) is 5.26. The molecule has 0 saturated heterocycles. The molecule has 1 heterocycles. The lowest BCUT2D eigenvalue weighted by Crippen LogP contribution is -2.22. The standard InChI is InChI=1S/C26H25N3O2/c1-2-17-31-24-15-13-20(14-16-24)25-22(18-27-26(30)21-9-5-3-6-10-21)19-29(28-25)23-11-7-4-8-12-23/h3-16,19H,2,17-18H2,1H3,(H,27,30). The molecular weight excluding hydrogens is 386 g/mol. The van der Waals surface area contributed by atoms with Crippen molar-refractivity contribution < 1.29 is 9.53 Å². The lowest BCUT2D eigenvalue weighted by molar-refractivity contribution is 0.0951. The summed E-state index contributed by atoms with van der Waals surface area (Å²) in [5, 5.41) is 7.83. The summed E-state index contributed by atoms with van der Waals surface area (Å²) in [5.74, 6) is 0.731. The van der Waals surface area contributed by atoms with Gasteiger partial charge in [0.2, 0.25) is 0 Å². The fourth-order valence-electron chi connectivity index (χ4n) is 3.29. The molecule has 156 valence electrons. The third-order valence-electron chi connectivity index (χ3n) is 4.89. The van der Waals surface area contributed by atoms with E-state index in [4.69, 9.17) is 9.84 Å². The van der Waals surface area contributed by atoms with Crippen LogP contribution in [0.3, 0.4) is 0 Å². The molecule has 3 aromatic carbocycles. The number of benzene rings is 3. The van der Waals surface area contributed by atoms with Crippen molar-refractivity contribution in [1.82, 2.24) is 15.1 Å². The predicted molar refractivity (Wildman–Crippen MR) is 122 cm³/mol. The fourth-order valence-corrected chi connectivity index (χ4v) is 3.29. The van der Waals surface area contributed by atoms with Crippen LogP contribution < -0.4 is 10.1 Å². The van der Waals surface area contributed by atoms with Gasteiger partial charge in [0.15, 0.2) is 0 Å². The van der Waals surface area contributed by atoms with Gasteiger partial charge in [0.05, 0.1) is 18.0 Å². The lowest BCUT2D eigenvalue weighted by Gasteiger charge is -2.07. The van der Waals surface area contributed by atoms with Crippen molar-refractivity contribution in [1.29, 1.82) is 0 Å². The molecule has 4 rings (SSSR count). The highest BCUT2D eigenvalue weighted by Gasteiger charge is 2.14. The Kier molecular flexibility index (Phi) is 6.43. The molecule has 31 heavy (non-hydrogen) atoms. The molecule has 0 bridgehead atoms. The monoisotopic (exact) mass is 411 g/mol. The van der Waals surface area contributed by atoms with Crippen LogP contribution in [0.5, 0.6) is 5.75 Å². The number of carbonyl (C=O) groups excluding carboxylic acids is 1. The van der Waals surface area contributed by atoms with Gasteiger partial charge in [-0.1, -0.05) is 43.3 Å². The van der Waals surface area contributed by atoms with Crippen molar-refractivity contribution in [3.05, 3.63) is 102 Å². The molecule has 1 amide bonds. The Balaban J connectivity index is 1.61. The topological polar surface area (TPSA) is 56.1 Å².